The van der Waals surface area contributed by atoms with Gasteiger partial charge in [0.2, 0.25) is 0 Å². The van der Waals surface area contributed by atoms with E-state index in [4.69, 9.17) is 4.74 Å². The third-order valence-electron chi connectivity index (χ3n) is 9.69. The largest absolute Gasteiger partial charge is 0.430 e. The van der Waals surface area contributed by atoms with Crippen LogP contribution in [0.3, 0.4) is 0 Å². The molecule has 4 rings (SSSR count). The van der Waals surface area contributed by atoms with Crippen molar-refractivity contribution < 1.29 is 22.7 Å². The van der Waals surface area contributed by atoms with E-state index >= 15 is 0 Å². The van der Waals surface area contributed by atoms with E-state index in [0.717, 1.165) is 48.5 Å². The number of ether oxygens (including phenoxy) is 1. The number of rotatable bonds is 19. The van der Waals surface area contributed by atoms with Gasteiger partial charge in [0.25, 0.3) is 11.5 Å². The Labute approximate surface area is 268 Å². The van der Waals surface area contributed by atoms with Gasteiger partial charge in [0.15, 0.2) is 0 Å². The number of para-hydroxylation sites is 1. The molecule has 0 bridgehead atoms. The number of hydrogen-bond donors (Lipinski definition) is 1. The number of fused-ring (bicyclic) bond motifs is 3. The van der Waals surface area contributed by atoms with E-state index in [1.54, 1.807) is 6.07 Å². The zero-order chi connectivity index (χ0) is 32.1. The van der Waals surface area contributed by atoms with Gasteiger partial charge in [-0.15, -0.1) is 0 Å². The topological polar surface area (TPSA) is 45.3 Å². The maximum absolute atomic E-state index is 14.9. The minimum absolute atomic E-state index is 0.196. The number of unbranched alkanes of at least 4 members (excludes halogenated alkanes) is 14. The summed E-state index contributed by atoms with van der Waals surface area (Å²) in [6.45, 7) is 2.47. The fourth-order valence-electron chi connectivity index (χ4n) is 7.18. The van der Waals surface area contributed by atoms with Crippen LogP contribution in [0.1, 0.15) is 133 Å². The highest BCUT2D eigenvalue weighted by Crippen LogP contribution is 2.46. The van der Waals surface area contributed by atoms with Crippen LogP contribution in [0.4, 0.5) is 13.2 Å². The number of hydrogen-bond acceptors (Lipinski definition) is 2. The maximum atomic E-state index is 14.9. The van der Waals surface area contributed by atoms with Gasteiger partial charge < -0.3 is 14.6 Å². The summed E-state index contributed by atoms with van der Waals surface area (Å²) in [7, 11) is 0.986. The number of nitrogens with one attached hydrogen (secondary N) is 1. The van der Waals surface area contributed by atoms with Crippen molar-refractivity contribution in [2.75, 3.05) is 13.7 Å². The molecule has 45 heavy (non-hydrogen) atoms. The number of H-pyrrole nitrogens is 1. The minimum atomic E-state index is -4.93. The highest BCUT2D eigenvalue weighted by molar-refractivity contribution is 5.90. The first-order valence-electron chi connectivity index (χ1n) is 17.4. The second-order valence-corrected chi connectivity index (χ2v) is 12.8. The molecular formula is C38H53F3N2O2. The van der Waals surface area contributed by atoms with Crippen LogP contribution < -0.4 is 0 Å². The molecule has 2 atom stereocenters. The SMILES string of the molecule is CCCCCCCCCCCCCCCCC[C@H]1c2[nH]c3ccccc3c2CCN1C(=O)[C@](OC)(c1ccccc1)C(F)(F)F. The lowest BCUT2D eigenvalue weighted by atomic mass is 9.87. The van der Waals surface area contributed by atoms with E-state index in [9.17, 15) is 18.0 Å². The molecule has 2 heterocycles. The van der Waals surface area contributed by atoms with E-state index < -0.39 is 23.7 Å². The first kappa shape index (κ1) is 35.1. The third kappa shape index (κ3) is 8.52. The molecule has 0 unspecified atom stereocenters. The molecule has 1 amide bonds. The fourth-order valence-corrected chi connectivity index (χ4v) is 7.18. The average Bonchev–Trinajstić information content (AvgIpc) is 3.42. The predicted molar refractivity (Wildman–Crippen MR) is 177 cm³/mol. The molecule has 0 saturated carbocycles. The highest BCUT2D eigenvalue weighted by Gasteiger charge is 2.64. The minimum Gasteiger partial charge on any atom is -0.356 e. The lowest BCUT2D eigenvalue weighted by Gasteiger charge is -2.43. The number of carbonyl (C=O) groups excluding carboxylic acids is 1. The first-order valence-corrected chi connectivity index (χ1v) is 17.4. The van der Waals surface area contributed by atoms with Gasteiger partial charge in [-0.25, -0.2) is 0 Å². The van der Waals surface area contributed by atoms with Crippen molar-refractivity contribution in [2.24, 2.45) is 0 Å². The Kier molecular flexibility index (Phi) is 13.4. The summed E-state index contributed by atoms with van der Waals surface area (Å²) in [6, 6.07) is 14.8. The van der Waals surface area contributed by atoms with Crippen LogP contribution in [0.25, 0.3) is 10.9 Å². The van der Waals surface area contributed by atoms with Gasteiger partial charge in [0.05, 0.1) is 6.04 Å². The van der Waals surface area contributed by atoms with Crippen LogP contribution >= 0.6 is 0 Å². The number of benzene rings is 2. The normalized spacial score (nSPS) is 16.6. The van der Waals surface area contributed by atoms with Crippen molar-refractivity contribution >= 4 is 16.8 Å². The average molecular weight is 627 g/mol. The van der Waals surface area contributed by atoms with Gasteiger partial charge in [-0.05, 0) is 24.5 Å². The van der Waals surface area contributed by atoms with Crippen LogP contribution in [0, 0.1) is 0 Å². The number of alkyl halides is 3. The van der Waals surface area contributed by atoms with E-state index in [1.807, 2.05) is 24.3 Å². The van der Waals surface area contributed by atoms with Crippen LogP contribution in [0.15, 0.2) is 54.6 Å². The molecule has 2 aromatic carbocycles. The Balaban J connectivity index is 1.37. The number of aromatic amines is 1. The second-order valence-electron chi connectivity index (χ2n) is 12.8. The number of halogens is 3. The zero-order valence-corrected chi connectivity index (χ0v) is 27.4. The Morgan fingerprint density at radius 3 is 1.89 bits per heavy atom. The summed E-state index contributed by atoms with van der Waals surface area (Å²) in [4.78, 5) is 19.1. The predicted octanol–water partition coefficient (Wildman–Crippen LogP) is 11.0. The molecular weight excluding hydrogens is 573 g/mol. The van der Waals surface area contributed by atoms with Gasteiger partial charge in [-0.2, -0.15) is 13.2 Å². The zero-order valence-electron chi connectivity index (χ0n) is 27.4. The number of methoxy groups -OCH3 is 1. The van der Waals surface area contributed by atoms with Crippen LogP contribution in [-0.2, 0) is 21.6 Å². The van der Waals surface area contributed by atoms with Crippen LogP contribution in [-0.4, -0.2) is 35.6 Å². The third-order valence-corrected chi connectivity index (χ3v) is 9.69. The quantitative estimate of drug-likeness (QED) is 0.135. The van der Waals surface area contributed by atoms with Gasteiger partial charge in [0, 0.05) is 35.8 Å². The summed E-state index contributed by atoms with van der Waals surface area (Å²) < 4.78 is 49.8. The van der Waals surface area contributed by atoms with Gasteiger partial charge in [0.1, 0.15) is 0 Å². The molecule has 0 aliphatic carbocycles. The maximum Gasteiger partial charge on any atom is 0.430 e. The monoisotopic (exact) mass is 626 g/mol. The lowest BCUT2D eigenvalue weighted by molar-refractivity contribution is -0.271. The molecule has 0 saturated heterocycles. The number of aromatic nitrogens is 1. The fraction of sp³-hybridized carbons (Fsp3) is 0.605. The van der Waals surface area contributed by atoms with Crippen molar-refractivity contribution in [2.45, 2.75) is 134 Å². The molecule has 1 aromatic heterocycles. The first-order chi connectivity index (χ1) is 21.8. The van der Waals surface area contributed by atoms with Gasteiger partial charge >= 0.3 is 6.18 Å². The van der Waals surface area contributed by atoms with Crippen LogP contribution in [0.5, 0.6) is 0 Å². The van der Waals surface area contributed by atoms with Crippen molar-refractivity contribution in [3.63, 3.8) is 0 Å². The molecule has 248 valence electrons. The van der Waals surface area contributed by atoms with E-state index in [2.05, 4.69) is 11.9 Å². The molecule has 1 aliphatic heterocycles. The molecule has 0 radical (unpaired) electrons. The molecule has 1 aliphatic rings. The van der Waals surface area contributed by atoms with Crippen LogP contribution in [0.2, 0.25) is 0 Å². The van der Waals surface area contributed by atoms with E-state index in [1.165, 1.54) is 106 Å². The smallest absolute Gasteiger partial charge is 0.356 e. The molecule has 4 nitrogen and oxygen atoms in total. The second kappa shape index (κ2) is 17.2. The van der Waals surface area contributed by atoms with Gasteiger partial charge in [-0.3, -0.25) is 4.79 Å². The molecule has 0 spiro atoms. The van der Waals surface area contributed by atoms with Crippen molar-refractivity contribution in [3.8, 4) is 0 Å². The lowest BCUT2D eigenvalue weighted by Crippen LogP contribution is -2.58. The summed E-state index contributed by atoms with van der Waals surface area (Å²) in [6.07, 6.45) is 14.9. The standard InChI is InChI=1S/C38H53F3N2O2/c1-3-4-5-6-7-8-9-10-11-12-13-14-15-16-20-27-34-35-32(31-25-21-22-26-33(31)42-35)28-29-43(34)36(44)37(45-2,38(39,40)41)30-23-18-17-19-24-30/h17-19,21-26,34,42H,3-16,20,27-29H2,1-2H3/t34-,37+/m0/s1. The Bertz CT molecular complexity index is 1310. The highest BCUT2D eigenvalue weighted by atomic mass is 19.4. The molecule has 3 aromatic rings. The number of carbonyl (C=O) groups is 1. The van der Waals surface area contributed by atoms with E-state index in [-0.39, 0.29) is 12.1 Å². The summed E-state index contributed by atoms with van der Waals surface area (Å²) >= 11 is 0. The summed E-state index contributed by atoms with van der Waals surface area (Å²) in [5, 5.41) is 1.08. The number of amides is 1. The number of nitrogens with zero attached hydrogens (tertiary/aromatic N) is 1. The Morgan fingerprint density at radius 1 is 0.800 bits per heavy atom. The van der Waals surface area contributed by atoms with Crippen molar-refractivity contribution in [1.82, 2.24) is 9.88 Å². The molecule has 1 N–H and O–H groups in total. The van der Waals surface area contributed by atoms with Crippen molar-refractivity contribution in [3.05, 3.63) is 71.4 Å². The molecule has 0 fully saturated rings. The van der Waals surface area contributed by atoms with Gasteiger partial charge in [-0.1, -0.05) is 152 Å². The Morgan fingerprint density at radius 2 is 1.33 bits per heavy atom. The molecule has 7 heteroatoms. The van der Waals surface area contributed by atoms with Crippen molar-refractivity contribution in [1.29, 1.82) is 0 Å². The Hall–Kier alpha value is -2.80. The summed E-state index contributed by atoms with van der Waals surface area (Å²) in [5.41, 5.74) is -0.337. The van der Waals surface area contributed by atoms with E-state index in [0.29, 0.717) is 12.8 Å². The summed E-state index contributed by atoms with van der Waals surface area (Å²) in [5.74, 6) is -1.04.